The minimum Gasteiger partial charge on any atom is -0.304 e. The van der Waals surface area contributed by atoms with E-state index < -0.39 is 5.82 Å². The molecule has 2 rings (SSSR count). The lowest BCUT2D eigenvalue weighted by molar-refractivity contribution is 0.492. The van der Waals surface area contributed by atoms with Crippen LogP contribution in [0.4, 0.5) is 4.39 Å². The molecule has 2 aromatic rings. The molecule has 0 amide bonds. The normalized spacial score (nSPS) is 14.0. The molecule has 0 aliphatic rings. The van der Waals surface area contributed by atoms with Gasteiger partial charge in [0.1, 0.15) is 5.82 Å². The van der Waals surface area contributed by atoms with Crippen LogP contribution in [-0.2, 0) is 0 Å². The summed E-state index contributed by atoms with van der Waals surface area (Å²) >= 11 is 11.9. The van der Waals surface area contributed by atoms with E-state index >= 15 is 0 Å². The van der Waals surface area contributed by atoms with Gasteiger partial charge in [0.25, 0.3) is 0 Å². The van der Waals surface area contributed by atoms with Crippen molar-refractivity contribution in [1.82, 2.24) is 5.32 Å². The highest BCUT2D eigenvalue weighted by molar-refractivity contribution is 6.35. The van der Waals surface area contributed by atoms with E-state index in [4.69, 9.17) is 23.2 Å². The van der Waals surface area contributed by atoms with Gasteiger partial charge >= 0.3 is 0 Å². The third-order valence-corrected chi connectivity index (χ3v) is 4.20. The Morgan fingerprint density at radius 1 is 0.952 bits per heavy atom. The van der Waals surface area contributed by atoms with Crippen molar-refractivity contribution in [1.29, 1.82) is 0 Å². The van der Waals surface area contributed by atoms with Gasteiger partial charge in [-0.1, -0.05) is 53.0 Å². The van der Waals surface area contributed by atoms with Crippen molar-refractivity contribution in [2.24, 2.45) is 0 Å². The Bertz CT molecular complexity index is 625. The number of hydrogen-bond donors (Lipinski definition) is 1. The molecular weight excluding hydrogens is 308 g/mol. The lowest BCUT2D eigenvalue weighted by Gasteiger charge is -2.22. The third-order valence-electron chi connectivity index (χ3n) is 3.58. The van der Waals surface area contributed by atoms with Gasteiger partial charge in [-0.05, 0) is 44.0 Å². The first-order valence-electron chi connectivity index (χ1n) is 6.85. The van der Waals surface area contributed by atoms with E-state index in [1.807, 2.05) is 6.92 Å². The molecule has 0 aliphatic carbocycles. The first kappa shape index (κ1) is 16.3. The highest BCUT2D eigenvalue weighted by Crippen LogP contribution is 2.30. The fourth-order valence-corrected chi connectivity index (χ4v) is 2.83. The Hall–Kier alpha value is -1.09. The van der Waals surface area contributed by atoms with E-state index in [9.17, 15) is 4.39 Å². The van der Waals surface area contributed by atoms with Crippen molar-refractivity contribution in [2.75, 3.05) is 0 Å². The molecule has 1 nitrogen and oxygen atoms in total. The van der Waals surface area contributed by atoms with Crippen molar-refractivity contribution in [3.8, 4) is 0 Å². The van der Waals surface area contributed by atoms with Crippen molar-refractivity contribution in [3.63, 3.8) is 0 Å². The molecule has 2 atom stereocenters. The zero-order valence-corrected chi connectivity index (χ0v) is 13.8. The molecule has 1 N–H and O–H groups in total. The second-order valence-electron chi connectivity index (χ2n) is 5.31. The average Bonchev–Trinajstić information content (AvgIpc) is 2.43. The molecule has 0 radical (unpaired) electrons. The molecule has 0 bridgehead atoms. The monoisotopic (exact) mass is 325 g/mol. The first-order chi connectivity index (χ1) is 9.88. The van der Waals surface area contributed by atoms with Gasteiger partial charge in [0.15, 0.2) is 0 Å². The Balaban J connectivity index is 2.15. The molecule has 0 aliphatic heterocycles. The van der Waals surface area contributed by atoms with Crippen LogP contribution in [0.5, 0.6) is 0 Å². The van der Waals surface area contributed by atoms with Crippen molar-refractivity contribution >= 4 is 23.2 Å². The van der Waals surface area contributed by atoms with Crippen molar-refractivity contribution in [2.45, 2.75) is 32.9 Å². The number of halogens is 3. The lowest BCUT2D eigenvalue weighted by atomic mass is 10.0. The van der Waals surface area contributed by atoms with E-state index in [2.05, 4.69) is 43.4 Å². The van der Waals surface area contributed by atoms with Crippen LogP contribution in [0, 0.1) is 12.7 Å². The summed E-state index contributed by atoms with van der Waals surface area (Å²) in [6.07, 6.45) is 0. The second-order valence-corrected chi connectivity index (χ2v) is 6.12. The molecule has 0 heterocycles. The summed E-state index contributed by atoms with van der Waals surface area (Å²) in [6, 6.07) is 11.2. The number of hydrogen-bond acceptors (Lipinski definition) is 1. The minimum absolute atomic E-state index is 0.0440. The van der Waals surface area contributed by atoms with E-state index in [0.29, 0.717) is 10.6 Å². The summed E-state index contributed by atoms with van der Waals surface area (Å²) in [7, 11) is 0. The topological polar surface area (TPSA) is 12.0 Å². The molecule has 0 saturated heterocycles. The molecule has 4 heteroatoms. The van der Waals surface area contributed by atoms with Crippen LogP contribution >= 0.6 is 23.2 Å². The molecule has 0 spiro atoms. The highest BCUT2D eigenvalue weighted by Gasteiger charge is 2.16. The Labute approximate surface area is 135 Å². The SMILES string of the molecule is Cc1ccc(C(C)NC(C)c2cc(F)c(Cl)cc2Cl)cc1. The van der Waals surface area contributed by atoms with Gasteiger partial charge < -0.3 is 5.32 Å². The van der Waals surface area contributed by atoms with Gasteiger partial charge in [0.05, 0.1) is 5.02 Å². The van der Waals surface area contributed by atoms with Gasteiger partial charge in [-0.15, -0.1) is 0 Å². The maximum atomic E-state index is 13.6. The summed E-state index contributed by atoms with van der Waals surface area (Å²) in [6.45, 7) is 6.08. The Morgan fingerprint density at radius 3 is 2.19 bits per heavy atom. The van der Waals surface area contributed by atoms with Crippen LogP contribution in [-0.4, -0.2) is 0 Å². The number of nitrogens with one attached hydrogen (secondary N) is 1. The molecule has 0 fully saturated rings. The van der Waals surface area contributed by atoms with Crippen molar-refractivity contribution < 1.29 is 4.39 Å². The minimum atomic E-state index is -0.451. The fourth-order valence-electron chi connectivity index (χ4n) is 2.29. The van der Waals surface area contributed by atoms with Crippen LogP contribution < -0.4 is 5.32 Å². The fraction of sp³-hybridized carbons (Fsp3) is 0.294. The Morgan fingerprint density at radius 2 is 1.57 bits per heavy atom. The van der Waals surface area contributed by atoms with Gasteiger partial charge in [0.2, 0.25) is 0 Å². The van der Waals surface area contributed by atoms with E-state index in [1.165, 1.54) is 23.3 Å². The summed E-state index contributed by atoms with van der Waals surface area (Å²) in [5.74, 6) is -0.451. The summed E-state index contributed by atoms with van der Waals surface area (Å²) in [5, 5.41) is 3.94. The molecule has 2 aromatic carbocycles. The number of aryl methyl sites for hydroxylation is 1. The van der Waals surface area contributed by atoms with Crippen LogP contribution in [0.2, 0.25) is 10.0 Å². The van der Waals surface area contributed by atoms with Crippen molar-refractivity contribution in [3.05, 3.63) is 69.0 Å². The van der Waals surface area contributed by atoms with Crippen LogP contribution in [0.25, 0.3) is 0 Å². The standard InChI is InChI=1S/C17H18Cl2FN/c1-10-4-6-13(7-5-10)11(2)21-12(3)14-8-17(20)16(19)9-15(14)18/h4-9,11-12,21H,1-3H3. The molecule has 0 aromatic heterocycles. The van der Waals surface area contributed by atoms with Gasteiger partial charge in [-0.25, -0.2) is 4.39 Å². The third kappa shape index (κ3) is 3.97. The lowest BCUT2D eigenvalue weighted by Crippen LogP contribution is -2.22. The number of benzene rings is 2. The summed E-state index contributed by atoms with van der Waals surface area (Å²) in [5.41, 5.74) is 3.11. The molecule has 2 unspecified atom stereocenters. The number of rotatable bonds is 4. The van der Waals surface area contributed by atoms with Gasteiger partial charge in [-0.2, -0.15) is 0 Å². The molecule has 112 valence electrons. The summed E-state index contributed by atoms with van der Waals surface area (Å²) in [4.78, 5) is 0. The predicted molar refractivity (Wildman–Crippen MR) is 87.6 cm³/mol. The van der Waals surface area contributed by atoms with Gasteiger partial charge in [-0.3, -0.25) is 0 Å². The predicted octanol–water partition coefficient (Wildman–Crippen LogP) is 5.85. The van der Waals surface area contributed by atoms with E-state index in [0.717, 1.165) is 0 Å². The maximum Gasteiger partial charge on any atom is 0.142 e. The maximum absolute atomic E-state index is 13.6. The quantitative estimate of drug-likeness (QED) is 0.695. The second kappa shape index (κ2) is 6.78. The largest absolute Gasteiger partial charge is 0.304 e. The zero-order valence-electron chi connectivity index (χ0n) is 12.3. The van der Waals surface area contributed by atoms with E-state index in [1.54, 1.807) is 0 Å². The molecule has 21 heavy (non-hydrogen) atoms. The highest BCUT2D eigenvalue weighted by atomic mass is 35.5. The Kier molecular flexibility index (Phi) is 5.26. The summed E-state index contributed by atoms with van der Waals surface area (Å²) < 4.78 is 13.6. The van der Waals surface area contributed by atoms with E-state index in [-0.39, 0.29) is 17.1 Å². The smallest absolute Gasteiger partial charge is 0.142 e. The van der Waals surface area contributed by atoms with Crippen LogP contribution in [0.1, 0.15) is 42.6 Å². The zero-order chi connectivity index (χ0) is 15.6. The van der Waals surface area contributed by atoms with Crippen LogP contribution in [0.15, 0.2) is 36.4 Å². The average molecular weight is 326 g/mol. The van der Waals surface area contributed by atoms with Gasteiger partial charge in [0, 0.05) is 17.1 Å². The molecular formula is C17H18Cl2FN. The first-order valence-corrected chi connectivity index (χ1v) is 7.61. The van der Waals surface area contributed by atoms with Crippen LogP contribution in [0.3, 0.4) is 0 Å². The molecule has 0 saturated carbocycles.